The van der Waals surface area contributed by atoms with Crippen molar-refractivity contribution in [3.63, 3.8) is 0 Å². The van der Waals surface area contributed by atoms with Crippen molar-refractivity contribution in [2.24, 2.45) is 0 Å². The van der Waals surface area contributed by atoms with Crippen LogP contribution in [0.5, 0.6) is 5.75 Å². The second-order valence-electron chi connectivity index (χ2n) is 6.49. The molecule has 1 unspecified atom stereocenters. The van der Waals surface area contributed by atoms with Crippen LogP contribution in [0.3, 0.4) is 0 Å². The molecule has 2 aromatic rings. The van der Waals surface area contributed by atoms with Gasteiger partial charge >= 0.3 is 0 Å². The van der Waals surface area contributed by atoms with Crippen LogP contribution >= 0.6 is 0 Å². The normalized spacial score (nSPS) is 12.9. The molecular formula is C18H25N3O. The Morgan fingerprint density at radius 2 is 1.73 bits per heavy atom. The molecule has 0 fully saturated rings. The summed E-state index contributed by atoms with van der Waals surface area (Å²) in [6.07, 6.45) is 6.07. The third-order valence-electron chi connectivity index (χ3n) is 3.49. The Morgan fingerprint density at radius 1 is 1.09 bits per heavy atom. The highest BCUT2D eigenvalue weighted by atomic mass is 16.5. The second-order valence-corrected chi connectivity index (χ2v) is 6.49. The third-order valence-corrected chi connectivity index (χ3v) is 3.49. The average molecular weight is 299 g/mol. The molecule has 4 nitrogen and oxygen atoms in total. The minimum absolute atomic E-state index is 0.0369. The number of benzene rings is 1. The van der Waals surface area contributed by atoms with Crippen LogP contribution in [0.25, 0.3) is 0 Å². The lowest BCUT2D eigenvalue weighted by Crippen LogP contribution is -2.33. The summed E-state index contributed by atoms with van der Waals surface area (Å²) in [6.45, 7) is 9.47. The SMILES string of the molecule is CC(NCCc1cncnc1)Oc1ccc(C(C)(C)C)cc1. The van der Waals surface area contributed by atoms with Crippen LogP contribution in [0.4, 0.5) is 0 Å². The van der Waals surface area contributed by atoms with Gasteiger partial charge in [-0.1, -0.05) is 32.9 Å². The lowest BCUT2D eigenvalue weighted by molar-refractivity contribution is 0.184. The molecule has 1 atom stereocenters. The van der Waals surface area contributed by atoms with E-state index >= 15 is 0 Å². The molecule has 2 rings (SSSR count). The molecule has 1 aromatic heterocycles. The van der Waals surface area contributed by atoms with E-state index in [9.17, 15) is 0 Å². The van der Waals surface area contributed by atoms with Crippen LogP contribution < -0.4 is 10.1 Å². The quantitative estimate of drug-likeness (QED) is 0.831. The van der Waals surface area contributed by atoms with E-state index in [0.29, 0.717) is 0 Å². The monoisotopic (exact) mass is 299 g/mol. The Hall–Kier alpha value is -1.94. The molecule has 1 N–H and O–H groups in total. The van der Waals surface area contributed by atoms with Crippen LogP contribution in [0, 0.1) is 0 Å². The molecule has 1 aromatic carbocycles. The van der Waals surface area contributed by atoms with Crippen LogP contribution in [-0.2, 0) is 11.8 Å². The highest BCUT2D eigenvalue weighted by Crippen LogP contribution is 2.24. The van der Waals surface area contributed by atoms with E-state index < -0.39 is 0 Å². The van der Waals surface area contributed by atoms with Gasteiger partial charge in [0.25, 0.3) is 0 Å². The smallest absolute Gasteiger partial charge is 0.147 e. The maximum atomic E-state index is 5.88. The summed E-state index contributed by atoms with van der Waals surface area (Å²) >= 11 is 0. The zero-order valence-corrected chi connectivity index (χ0v) is 13.8. The summed E-state index contributed by atoms with van der Waals surface area (Å²) in [6, 6.07) is 8.32. The molecule has 0 radical (unpaired) electrons. The molecule has 0 saturated heterocycles. The summed E-state index contributed by atoms with van der Waals surface area (Å²) in [5.41, 5.74) is 2.60. The highest BCUT2D eigenvalue weighted by Gasteiger charge is 2.13. The molecule has 0 spiro atoms. The molecule has 4 heteroatoms. The lowest BCUT2D eigenvalue weighted by Gasteiger charge is -2.20. The predicted octanol–water partition coefficient (Wildman–Crippen LogP) is 3.33. The highest BCUT2D eigenvalue weighted by molar-refractivity contribution is 5.31. The fraction of sp³-hybridized carbons (Fsp3) is 0.444. The summed E-state index contributed by atoms with van der Waals surface area (Å²) < 4.78 is 5.88. The van der Waals surface area contributed by atoms with Gasteiger partial charge in [0.05, 0.1) is 0 Å². The predicted molar refractivity (Wildman–Crippen MR) is 89.0 cm³/mol. The number of nitrogens with zero attached hydrogens (tertiary/aromatic N) is 2. The van der Waals surface area contributed by atoms with Crippen LogP contribution in [-0.4, -0.2) is 22.7 Å². The largest absolute Gasteiger partial charge is 0.476 e. The standard InChI is InChI=1S/C18H25N3O/c1-14(21-10-9-15-11-19-13-20-12-15)22-17-7-5-16(6-8-17)18(2,3)4/h5-8,11-14,21H,9-10H2,1-4H3. The number of rotatable bonds is 6. The molecular weight excluding hydrogens is 274 g/mol. The topological polar surface area (TPSA) is 47.0 Å². The fourth-order valence-corrected chi connectivity index (χ4v) is 2.16. The van der Waals surface area contributed by atoms with Crippen LogP contribution in [0.2, 0.25) is 0 Å². The van der Waals surface area contributed by atoms with Crippen molar-refractivity contribution in [1.29, 1.82) is 0 Å². The molecule has 22 heavy (non-hydrogen) atoms. The molecule has 0 aliphatic carbocycles. The van der Waals surface area contributed by atoms with Crippen molar-refractivity contribution >= 4 is 0 Å². The van der Waals surface area contributed by atoms with Crippen molar-refractivity contribution in [3.05, 3.63) is 54.1 Å². The van der Waals surface area contributed by atoms with E-state index in [0.717, 1.165) is 24.3 Å². The fourth-order valence-electron chi connectivity index (χ4n) is 2.16. The van der Waals surface area contributed by atoms with E-state index in [1.165, 1.54) is 5.56 Å². The van der Waals surface area contributed by atoms with Gasteiger partial charge in [-0.15, -0.1) is 0 Å². The zero-order chi connectivity index (χ0) is 16.0. The minimum Gasteiger partial charge on any atom is -0.476 e. The van der Waals surface area contributed by atoms with Gasteiger partial charge in [0, 0.05) is 18.9 Å². The van der Waals surface area contributed by atoms with Crippen LogP contribution in [0.15, 0.2) is 43.0 Å². The molecule has 1 heterocycles. The van der Waals surface area contributed by atoms with Gasteiger partial charge < -0.3 is 4.74 Å². The van der Waals surface area contributed by atoms with E-state index in [2.05, 4.69) is 48.2 Å². The van der Waals surface area contributed by atoms with Gasteiger partial charge in [0.2, 0.25) is 0 Å². The minimum atomic E-state index is -0.0369. The van der Waals surface area contributed by atoms with E-state index in [1.54, 1.807) is 6.33 Å². The molecule has 0 aliphatic heterocycles. The maximum Gasteiger partial charge on any atom is 0.147 e. The van der Waals surface area contributed by atoms with Gasteiger partial charge in [0.15, 0.2) is 0 Å². The lowest BCUT2D eigenvalue weighted by atomic mass is 9.87. The third kappa shape index (κ3) is 5.11. The molecule has 0 bridgehead atoms. The first-order chi connectivity index (χ1) is 10.4. The second kappa shape index (κ2) is 7.36. The number of nitrogens with one attached hydrogen (secondary N) is 1. The van der Waals surface area contributed by atoms with Crippen LogP contribution in [0.1, 0.15) is 38.8 Å². The van der Waals surface area contributed by atoms with Gasteiger partial charge in [0.1, 0.15) is 18.3 Å². The van der Waals surface area contributed by atoms with Crippen molar-refractivity contribution in [3.8, 4) is 5.75 Å². The first kappa shape index (κ1) is 16.4. The zero-order valence-electron chi connectivity index (χ0n) is 13.8. The van der Waals surface area contributed by atoms with Crippen molar-refractivity contribution in [2.75, 3.05) is 6.54 Å². The number of ether oxygens (including phenoxy) is 1. The maximum absolute atomic E-state index is 5.88. The summed E-state index contributed by atoms with van der Waals surface area (Å²) in [4.78, 5) is 8.02. The van der Waals surface area contributed by atoms with E-state index in [1.807, 2.05) is 31.5 Å². The Kier molecular flexibility index (Phi) is 5.50. The molecule has 118 valence electrons. The Bertz CT molecular complexity index is 561. The molecule has 0 aliphatic rings. The first-order valence-corrected chi connectivity index (χ1v) is 7.69. The average Bonchev–Trinajstić information content (AvgIpc) is 2.48. The van der Waals surface area contributed by atoms with Crippen molar-refractivity contribution in [1.82, 2.24) is 15.3 Å². The van der Waals surface area contributed by atoms with E-state index in [4.69, 9.17) is 4.74 Å². The summed E-state index contributed by atoms with van der Waals surface area (Å²) in [5, 5.41) is 3.35. The van der Waals surface area contributed by atoms with E-state index in [-0.39, 0.29) is 11.6 Å². The van der Waals surface area contributed by atoms with Crippen molar-refractivity contribution < 1.29 is 4.74 Å². The summed E-state index contributed by atoms with van der Waals surface area (Å²) in [7, 11) is 0. The van der Waals surface area contributed by atoms with Crippen molar-refractivity contribution in [2.45, 2.75) is 45.8 Å². The number of aromatic nitrogens is 2. The van der Waals surface area contributed by atoms with Gasteiger partial charge in [-0.3, -0.25) is 5.32 Å². The van der Waals surface area contributed by atoms with Gasteiger partial charge in [-0.2, -0.15) is 0 Å². The van der Waals surface area contributed by atoms with Gasteiger partial charge in [-0.05, 0) is 42.0 Å². The van der Waals surface area contributed by atoms with Gasteiger partial charge in [-0.25, -0.2) is 9.97 Å². The number of hydrogen-bond acceptors (Lipinski definition) is 4. The first-order valence-electron chi connectivity index (χ1n) is 7.69. The Balaban J connectivity index is 1.78. The Morgan fingerprint density at radius 3 is 2.32 bits per heavy atom. The molecule has 0 amide bonds. The molecule has 0 saturated carbocycles. The Labute approximate surface area is 133 Å². The summed E-state index contributed by atoms with van der Waals surface area (Å²) in [5.74, 6) is 0.885. The number of hydrogen-bond donors (Lipinski definition) is 1.